The van der Waals surface area contributed by atoms with Crippen molar-refractivity contribution >= 4 is 39.1 Å². The van der Waals surface area contributed by atoms with E-state index in [0.717, 1.165) is 27.4 Å². The standard InChI is InChI=1S/C32H40ClN3O4S/c1-7-24(5)34-32(38)29(8-2)35(20-26-13-10-9-12-23(26)4)31(37)21-36(30-15-11-14-28(33)25(30)6)41(39,40)27-18-16-22(3)17-19-27/h9-19,24,29H,7-8,20-21H2,1-6H3,(H,34,38)/t24-,29+/m1/s1. The van der Waals surface area contributed by atoms with Gasteiger partial charge in [0.2, 0.25) is 11.8 Å². The van der Waals surface area contributed by atoms with Crippen molar-refractivity contribution in [2.24, 2.45) is 0 Å². The molecule has 0 spiro atoms. The van der Waals surface area contributed by atoms with Gasteiger partial charge in [0, 0.05) is 17.6 Å². The van der Waals surface area contributed by atoms with Crippen molar-refractivity contribution in [1.29, 1.82) is 0 Å². The SMILES string of the molecule is CC[C@@H](C)NC(=O)[C@H](CC)N(Cc1ccccc1C)C(=O)CN(c1cccc(Cl)c1C)S(=O)(=O)c1ccc(C)cc1. The molecule has 9 heteroatoms. The molecule has 220 valence electrons. The van der Waals surface area contributed by atoms with Gasteiger partial charge in [0.15, 0.2) is 0 Å². The number of benzene rings is 3. The van der Waals surface area contributed by atoms with Crippen molar-refractivity contribution in [3.05, 3.63) is 94.0 Å². The maximum absolute atomic E-state index is 14.2. The van der Waals surface area contributed by atoms with E-state index in [1.54, 1.807) is 37.3 Å². The first-order valence-electron chi connectivity index (χ1n) is 13.9. The number of halogens is 1. The highest BCUT2D eigenvalue weighted by Gasteiger charge is 2.34. The summed E-state index contributed by atoms with van der Waals surface area (Å²) >= 11 is 6.41. The number of rotatable bonds is 12. The third kappa shape index (κ3) is 7.68. The average Bonchev–Trinajstić information content (AvgIpc) is 2.94. The summed E-state index contributed by atoms with van der Waals surface area (Å²) in [7, 11) is -4.17. The Labute approximate surface area is 249 Å². The molecule has 3 aromatic carbocycles. The quantitative estimate of drug-likeness (QED) is 0.270. The van der Waals surface area contributed by atoms with Gasteiger partial charge in [-0.2, -0.15) is 0 Å². The number of carbonyl (C=O) groups is 2. The Morgan fingerprint density at radius 1 is 0.902 bits per heavy atom. The normalized spacial score (nSPS) is 12.9. The molecule has 0 aromatic heterocycles. The van der Waals surface area contributed by atoms with Crippen LogP contribution >= 0.6 is 11.6 Å². The summed E-state index contributed by atoms with van der Waals surface area (Å²) in [5.74, 6) is -0.759. The molecule has 0 fully saturated rings. The van der Waals surface area contributed by atoms with Crippen LogP contribution in [-0.2, 0) is 26.2 Å². The summed E-state index contributed by atoms with van der Waals surface area (Å²) in [6.45, 7) is 10.9. The maximum atomic E-state index is 14.2. The number of carbonyl (C=O) groups excluding carboxylic acids is 2. The van der Waals surface area contributed by atoms with Crippen LogP contribution in [0.2, 0.25) is 5.02 Å². The lowest BCUT2D eigenvalue weighted by Gasteiger charge is -2.34. The Morgan fingerprint density at radius 2 is 1.56 bits per heavy atom. The number of amides is 2. The molecule has 0 aliphatic rings. The number of nitrogens with one attached hydrogen (secondary N) is 1. The van der Waals surface area contributed by atoms with Crippen molar-refractivity contribution in [1.82, 2.24) is 10.2 Å². The molecular weight excluding hydrogens is 558 g/mol. The first-order valence-corrected chi connectivity index (χ1v) is 15.7. The molecule has 0 aliphatic heterocycles. The van der Waals surface area contributed by atoms with Crippen molar-refractivity contribution in [2.45, 2.75) is 77.9 Å². The maximum Gasteiger partial charge on any atom is 0.264 e. The van der Waals surface area contributed by atoms with Crippen LogP contribution < -0.4 is 9.62 Å². The molecule has 3 rings (SSSR count). The summed E-state index contributed by atoms with van der Waals surface area (Å²) in [4.78, 5) is 29.2. The fraction of sp³-hybridized carbons (Fsp3) is 0.375. The Kier molecular flexibility index (Phi) is 11.0. The summed E-state index contributed by atoms with van der Waals surface area (Å²) in [6.07, 6.45) is 1.10. The lowest BCUT2D eigenvalue weighted by Crippen LogP contribution is -2.53. The van der Waals surface area contributed by atoms with Gasteiger partial charge in [0.25, 0.3) is 10.0 Å². The third-order valence-electron chi connectivity index (χ3n) is 7.38. The molecule has 2 atom stereocenters. The Balaban J connectivity index is 2.11. The number of sulfonamides is 1. The largest absolute Gasteiger partial charge is 0.352 e. The Morgan fingerprint density at radius 3 is 2.17 bits per heavy atom. The molecular formula is C32H40ClN3O4S. The van der Waals surface area contributed by atoms with Crippen LogP contribution in [0.25, 0.3) is 0 Å². The summed E-state index contributed by atoms with van der Waals surface area (Å²) < 4.78 is 29.2. The molecule has 0 heterocycles. The number of hydrogen-bond acceptors (Lipinski definition) is 4. The second-order valence-corrected chi connectivity index (χ2v) is 12.7. The summed E-state index contributed by atoms with van der Waals surface area (Å²) in [5.41, 5.74) is 3.59. The molecule has 7 nitrogen and oxygen atoms in total. The molecule has 3 aromatic rings. The minimum Gasteiger partial charge on any atom is -0.352 e. The molecule has 0 saturated carbocycles. The zero-order valence-corrected chi connectivity index (χ0v) is 26.2. The number of anilines is 1. The number of hydrogen-bond donors (Lipinski definition) is 1. The van der Waals surface area contributed by atoms with Crippen LogP contribution in [0.5, 0.6) is 0 Å². The fourth-order valence-corrected chi connectivity index (χ4v) is 6.19. The first kappa shape index (κ1) is 32.2. The van der Waals surface area contributed by atoms with Gasteiger partial charge in [-0.1, -0.05) is 73.5 Å². The lowest BCUT2D eigenvalue weighted by atomic mass is 10.1. The topological polar surface area (TPSA) is 86.8 Å². The highest BCUT2D eigenvalue weighted by atomic mass is 35.5. The second kappa shape index (κ2) is 14.0. The molecule has 2 amide bonds. The smallest absolute Gasteiger partial charge is 0.264 e. The van der Waals surface area contributed by atoms with Gasteiger partial charge in [0.05, 0.1) is 10.6 Å². The van der Waals surface area contributed by atoms with E-state index in [4.69, 9.17) is 11.6 Å². The molecule has 0 bridgehead atoms. The third-order valence-corrected chi connectivity index (χ3v) is 9.57. The summed E-state index contributed by atoms with van der Waals surface area (Å²) in [5, 5.41) is 3.38. The lowest BCUT2D eigenvalue weighted by molar-refractivity contribution is -0.140. The van der Waals surface area contributed by atoms with Gasteiger partial charge in [0.1, 0.15) is 12.6 Å². The fourth-order valence-electron chi connectivity index (χ4n) is 4.55. The van der Waals surface area contributed by atoms with Gasteiger partial charge in [-0.3, -0.25) is 13.9 Å². The Bertz CT molecular complexity index is 1470. The van der Waals surface area contributed by atoms with Crippen molar-refractivity contribution in [2.75, 3.05) is 10.8 Å². The minimum atomic E-state index is -4.17. The molecule has 0 aliphatic carbocycles. The molecule has 0 radical (unpaired) electrons. The van der Waals surface area contributed by atoms with Crippen molar-refractivity contribution in [3.8, 4) is 0 Å². The van der Waals surface area contributed by atoms with E-state index in [0.29, 0.717) is 22.7 Å². The monoisotopic (exact) mass is 597 g/mol. The van der Waals surface area contributed by atoms with Gasteiger partial charge in [-0.15, -0.1) is 0 Å². The van der Waals surface area contributed by atoms with Crippen LogP contribution in [0.4, 0.5) is 5.69 Å². The van der Waals surface area contributed by atoms with E-state index in [1.807, 2.05) is 58.9 Å². The number of nitrogens with zero attached hydrogens (tertiary/aromatic N) is 2. The van der Waals surface area contributed by atoms with Crippen LogP contribution in [0.15, 0.2) is 71.6 Å². The Hall–Kier alpha value is -3.36. The minimum absolute atomic E-state index is 0.0577. The zero-order chi connectivity index (χ0) is 30.3. The van der Waals surface area contributed by atoms with E-state index in [2.05, 4.69) is 5.32 Å². The van der Waals surface area contributed by atoms with Crippen molar-refractivity contribution in [3.63, 3.8) is 0 Å². The van der Waals surface area contributed by atoms with E-state index >= 15 is 0 Å². The molecule has 0 unspecified atom stereocenters. The van der Waals surface area contributed by atoms with E-state index in [-0.39, 0.29) is 23.4 Å². The van der Waals surface area contributed by atoms with Gasteiger partial charge < -0.3 is 10.2 Å². The van der Waals surface area contributed by atoms with Crippen LogP contribution in [0.1, 0.15) is 55.9 Å². The van der Waals surface area contributed by atoms with E-state index < -0.39 is 28.5 Å². The predicted octanol–water partition coefficient (Wildman–Crippen LogP) is 6.18. The molecule has 1 N–H and O–H groups in total. The average molecular weight is 598 g/mol. The van der Waals surface area contributed by atoms with Crippen LogP contribution in [0.3, 0.4) is 0 Å². The number of aryl methyl sites for hydroxylation is 2. The van der Waals surface area contributed by atoms with Crippen LogP contribution in [0, 0.1) is 20.8 Å². The molecule has 0 saturated heterocycles. The van der Waals surface area contributed by atoms with Gasteiger partial charge in [-0.25, -0.2) is 8.42 Å². The highest BCUT2D eigenvalue weighted by molar-refractivity contribution is 7.92. The van der Waals surface area contributed by atoms with E-state index in [9.17, 15) is 18.0 Å². The summed E-state index contributed by atoms with van der Waals surface area (Å²) in [6, 6.07) is 18.3. The van der Waals surface area contributed by atoms with E-state index in [1.165, 1.54) is 17.0 Å². The zero-order valence-electron chi connectivity index (χ0n) is 24.6. The van der Waals surface area contributed by atoms with Crippen molar-refractivity contribution < 1.29 is 18.0 Å². The highest BCUT2D eigenvalue weighted by Crippen LogP contribution is 2.31. The first-order chi connectivity index (χ1) is 19.4. The van der Waals surface area contributed by atoms with Crippen LogP contribution in [-0.4, -0.2) is 43.8 Å². The van der Waals surface area contributed by atoms with Gasteiger partial charge in [-0.05, 0) is 81.5 Å². The van der Waals surface area contributed by atoms with Gasteiger partial charge >= 0.3 is 0 Å². The molecule has 41 heavy (non-hydrogen) atoms. The second-order valence-electron chi connectivity index (χ2n) is 10.4. The predicted molar refractivity (Wildman–Crippen MR) is 166 cm³/mol.